The summed E-state index contributed by atoms with van der Waals surface area (Å²) >= 11 is 5.37. The summed E-state index contributed by atoms with van der Waals surface area (Å²) in [6, 6.07) is 10.6. The number of anilines is 1. The van der Waals surface area contributed by atoms with E-state index in [0.29, 0.717) is 11.2 Å². The van der Waals surface area contributed by atoms with E-state index in [1.54, 1.807) is 12.4 Å². The first-order chi connectivity index (χ1) is 10.3. The third-order valence-electron chi connectivity index (χ3n) is 3.62. The molecule has 1 aliphatic rings. The van der Waals surface area contributed by atoms with Crippen LogP contribution in [0.4, 0.5) is 5.69 Å². The van der Waals surface area contributed by atoms with Gasteiger partial charge in [0, 0.05) is 29.2 Å². The van der Waals surface area contributed by atoms with Crippen LogP contribution in [0.3, 0.4) is 0 Å². The van der Waals surface area contributed by atoms with Crippen LogP contribution >= 0.6 is 12.2 Å². The van der Waals surface area contributed by atoms with Gasteiger partial charge in [0.2, 0.25) is 0 Å². The molecule has 1 fully saturated rings. The molecular weight excluding hydrogens is 280 g/mol. The Morgan fingerprint density at radius 1 is 1.10 bits per heavy atom. The highest BCUT2D eigenvalue weighted by Gasteiger charge is 2.22. The highest BCUT2D eigenvalue weighted by atomic mass is 32.1. The largest absolute Gasteiger partial charge is 0.360 e. The molecule has 0 unspecified atom stereocenters. The van der Waals surface area contributed by atoms with E-state index in [9.17, 15) is 0 Å². The predicted molar refractivity (Wildman–Crippen MR) is 89.4 cm³/mol. The lowest BCUT2D eigenvalue weighted by Crippen LogP contribution is -2.30. The number of nitrogens with one attached hydrogen (secondary N) is 2. The van der Waals surface area contributed by atoms with Crippen molar-refractivity contribution in [2.75, 3.05) is 5.32 Å². The van der Waals surface area contributed by atoms with Crippen LogP contribution in [0.5, 0.6) is 0 Å². The summed E-state index contributed by atoms with van der Waals surface area (Å²) in [5.41, 5.74) is 2.78. The molecule has 5 heteroatoms. The minimum Gasteiger partial charge on any atom is -0.360 e. The molecule has 21 heavy (non-hydrogen) atoms. The summed E-state index contributed by atoms with van der Waals surface area (Å²) in [4.78, 5) is 8.96. The molecule has 0 bridgehead atoms. The lowest BCUT2D eigenvalue weighted by atomic mass is 10.1. The van der Waals surface area contributed by atoms with Crippen LogP contribution in [-0.4, -0.2) is 21.1 Å². The maximum Gasteiger partial charge on any atom is 0.171 e. The molecule has 4 nitrogen and oxygen atoms in total. The van der Waals surface area contributed by atoms with Gasteiger partial charge in [-0.05, 0) is 49.3 Å². The van der Waals surface area contributed by atoms with Crippen molar-refractivity contribution in [3.63, 3.8) is 0 Å². The molecule has 0 amide bonds. The maximum atomic E-state index is 5.37. The Kier molecular flexibility index (Phi) is 2.93. The zero-order valence-corrected chi connectivity index (χ0v) is 12.2. The Morgan fingerprint density at radius 2 is 1.86 bits per heavy atom. The van der Waals surface area contributed by atoms with Crippen LogP contribution in [0, 0.1) is 0 Å². The van der Waals surface area contributed by atoms with E-state index < -0.39 is 0 Å². The Labute approximate surface area is 127 Å². The van der Waals surface area contributed by atoms with Crippen LogP contribution in [0.2, 0.25) is 0 Å². The smallest absolute Gasteiger partial charge is 0.171 e. The molecule has 2 aromatic heterocycles. The number of thiocarbonyl (C=S) groups is 1. The molecule has 2 N–H and O–H groups in total. The number of fused-ring (bicyclic) bond motifs is 3. The van der Waals surface area contributed by atoms with Gasteiger partial charge in [0.1, 0.15) is 0 Å². The third kappa shape index (κ3) is 2.40. The molecular formula is C16H14N4S. The van der Waals surface area contributed by atoms with E-state index in [4.69, 9.17) is 12.2 Å². The molecule has 3 aromatic rings. The van der Waals surface area contributed by atoms with E-state index >= 15 is 0 Å². The Hall–Kier alpha value is -2.27. The number of benzene rings is 1. The highest BCUT2D eigenvalue weighted by Crippen LogP contribution is 2.29. The van der Waals surface area contributed by atoms with E-state index in [1.165, 1.54) is 12.8 Å². The maximum absolute atomic E-state index is 5.37. The van der Waals surface area contributed by atoms with Crippen LogP contribution in [0.25, 0.3) is 21.8 Å². The van der Waals surface area contributed by atoms with Crippen molar-refractivity contribution in [2.24, 2.45) is 0 Å². The molecule has 0 spiro atoms. The summed E-state index contributed by atoms with van der Waals surface area (Å²) in [7, 11) is 0. The lowest BCUT2D eigenvalue weighted by molar-refractivity contribution is 0.919. The number of pyridine rings is 2. The van der Waals surface area contributed by atoms with E-state index in [2.05, 4.69) is 32.7 Å². The lowest BCUT2D eigenvalue weighted by Gasteiger charge is -2.13. The van der Waals surface area contributed by atoms with Gasteiger partial charge in [-0.25, -0.2) is 0 Å². The number of hydrogen-bond donors (Lipinski definition) is 2. The van der Waals surface area contributed by atoms with E-state index in [1.807, 2.05) is 18.2 Å². The van der Waals surface area contributed by atoms with Crippen molar-refractivity contribution in [1.29, 1.82) is 0 Å². The van der Waals surface area contributed by atoms with Crippen molar-refractivity contribution in [1.82, 2.24) is 15.3 Å². The fourth-order valence-electron chi connectivity index (χ4n) is 2.46. The molecule has 104 valence electrons. The fraction of sp³-hybridized carbons (Fsp3) is 0.188. The number of nitrogens with zero attached hydrogens (tertiary/aromatic N) is 2. The van der Waals surface area contributed by atoms with Crippen molar-refractivity contribution >= 4 is 44.8 Å². The van der Waals surface area contributed by atoms with Crippen LogP contribution in [0.15, 0.2) is 42.7 Å². The first kappa shape index (κ1) is 12.5. The summed E-state index contributed by atoms with van der Waals surface area (Å²) in [5, 5.41) is 9.34. The van der Waals surface area contributed by atoms with Crippen LogP contribution in [0.1, 0.15) is 12.8 Å². The van der Waals surface area contributed by atoms with Crippen LogP contribution < -0.4 is 10.6 Å². The van der Waals surface area contributed by atoms with Gasteiger partial charge in [-0.2, -0.15) is 0 Å². The quantitative estimate of drug-likeness (QED) is 0.561. The van der Waals surface area contributed by atoms with Crippen molar-refractivity contribution in [3.8, 4) is 0 Å². The number of hydrogen-bond acceptors (Lipinski definition) is 3. The standard InChI is InChI=1S/C16H14N4S/c21-16(19-11-5-6-11)20-13-9-10-3-1-7-17-14(10)12-4-2-8-18-15(12)13/h1-4,7-9,11H,5-6H2,(H2,19,20,21). The highest BCUT2D eigenvalue weighted by molar-refractivity contribution is 7.80. The van der Waals surface area contributed by atoms with Gasteiger partial charge >= 0.3 is 0 Å². The normalized spacial score (nSPS) is 14.3. The molecule has 1 saturated carbocycles. The molecule has 0 saturated heterocycles. The first-order valence-corrected chi connectivity index (χ1v) is 7.42. The van der Waals surface area contributed by atoms with Gasteiger partial charge in [0.15, 0.2) is 5.11 Å². The fourth-order valence-corrected chi connectivity index (χ4v) is 2.74. The molecule has 1 aliphatic carbocycles. The van der Waals surface area contributed by atoms with Gasteiger partial charge in [-0.15, -0.1) is 0 Å². The van der Waals surface area contributed by atoms with Crippen molar-refractivity contribution in [2.45, 2.75) is 18.9 Å². The summed E-state index contributed by atoms with van der Waals surface area (Å²) < 4.78 is 0. The third-order valence-corrected chi connectivity index (χ3v) is 3.84. The molecule has 2 heterocycles. The molecule has 0 atom stereocenters. The van der Waals surface area contributed by atoms with Crippen LogP contribution in [-0.2, 0) is 0 Å². The van der Waals surface area contributed by atoms with Gasteiger partial charge < -0.3 is 10.6 Å². The minimum atomic E-state index is 0.534. The van der Waals surface area contributed by atoms with Crippen molar-refractivity contribution < 1.29 is 0 Å². The van der Waals surface area contributed by atoms with Gasteiger partial charge in [-0.1, -0.05) is 6.07 Å². The average Bonchev–Trinajstić information content (AvgIpc) is 3.31. The molecule has 1 aromatic carbocycles. The molecule has 4 rings (SSSR count). The monoisotopic (exact) mass is 294 g/mol. The Morgan fingerprint density at radius 3 is 2.67 bits per heavy atom. The Bertz CT molecular complexity index is 842. The first-order valence-electron chi connectivity index (χ1n) is 7.01. The second-order valence-electron chi connectivity index (χ2n) is 5.27. The summed E-state index contributed by atoms with van der Waals surface area (Å²) in [5.74, 6) is 0. The van der Waals surface area contributed by atoms with Gasteiger partial charge in [0.05, 0.1) is 16.7 Å². The summed E-state index contributed by atoms with van der Waals surface area (Å²) in [6.07, 6.45) is 5.99. The SMILES string of the molecule is S=C(Nc1cc2cccnc2c2cccnc12)NC1CC1. The van der Waals surface area contributed by atoms with E-state index in [-0.39, 0.29) is 0 Å². The van der Waals surface area contributed by atoms with Crippen molar-refractivity contribution in [3.05, 3.63) is 42.7 Å². The molecule has 0 aliphatic heterocycles. The zero-order chi connectivity index (χ0) is 14.2. The second-order valence-corrected chi connectivity index (χ2v) is 5.68. The Balaban J connectivity index is 1.83. The van der Waals surface area contributed by atoms with Gasteiger partial charge in [-0.3, -0.25) is 9.97 Å². The average molecular weight is 294 g/mol. The topological polar surface area (TPSA) is 49.8 Å². The number of rotatable bonds is 2. The zero-order valence-electron chi connectivity index (χ0n) is 11.3. The van der Waals surface area contributed by atoms with Gasteiger partial charge in [0.25, 0.3) is 0 Å². The van der Waals surface area contributed by atoms with E-state index in [0.717, 1.165) is 27.5 Å². The second kappa shape index (κ2) is 4.93. The number of aromatic nitrogens is 2. The summed E-state index contributed by atoms with van der Waals surface area (Å²) in [6.45, 7) is 0. The predicted octanol–water partition coefficient (Wildman–Crippen LogP) is 3.23. The molecule has 0 radical (unpaired) electrons. The minimum absolute atomic E-state index is 0.534.